The molecule has 0 aromatic heterocycles. The van der Waals surface area contributed by atoms with Crippen molar-refractivity contribution in [1.29, 1.82) is 0 Å². The number of unbranched alkanes of at least 4 members (excludes halogenated alkanes) is 4. The molecule has 3 rings (SSSR count). The fourth-order valence-corrected chi connectivity index (χ4v) is 5.96. The van der Waals surface area contributed by atoms with Crippen LogP contribution < -0.4 is 10.6 Å². The SMILES string of the molecule is CCCCCC1(CCCCC)OC2C=C(C(=O)NC(C(=O)NCCO)C(C)O)CC(OC(=O)c3ccccc3I)C2O1. The van der Waals surface area contributed by atoms with E-state index in [0.717, 1.165) is 42.1 Å². The molecule has 1 aromatic rings. The molecular formula is C31H45IN2O8. The Labute approximate surface area is 262 Å². The van der Waals surface area contributed by atoms with Crippen molar-refractivity contribution in [3.05, 3.63) is 45.0 Å². The number of halogens is 1. The quantitative estimate of drug-likeness (QED) is 0.116. The number of esters is 1. The lowest BCUT2D eigenvalue weighted by Gasteiger charge is -2.31. The van der Waals surface area contributed by atoms with Gasteiger partial charge in [0.05, 0.1) is 18.3 Å². The van der Waals surface area contributed by atoms with Crippen LogP contribution in [-0.4, -0.2) is 77.4 Å². The van der Waals surface area contributed by atoms with Crippen molar-refractivity contribution in [2.45, 2.75) is 115 Å². The van der Waals surface area contributed by atoms with Gasteiger partial charge in [0.2, 0.25) is 11.8 Å². The van der Waals surface area contributed by atoms with Crippen LogP contribution in [0.4, 0.5) is 0 Å². The molecule has 0 bridgehead atoms. The molecule has 5 unspecified atom stereocenters. The molecule has 10 nitrogen and oxygen atoms in total. The van der Waals surface area contributed by atoms with E-state index in [0.29, 0.717) is 18.4 Å². The molecule has 2 amide bonds. The molecule has 1 heterocycles. The summed E-state index contributed by atoms with van der Waals surface area (Å²) in [6.45, 7) is 5.39. The number of hydrogen-bond acceptors (Lipinski definition) is 8. The number of carbonyl (C=O) groups excluding carboxylic acids is 3. The molecule has 1 aliphatic carbocycles. The molecule has 4 N–H and O–H groups in total. The van der Waals surface area contributed by atoms with Crippen LogP contribution in [-0.2, 0) is 23.8 Å². The second kappa shape index (κ2) is 16.7. The van der Waals surface area contributed by atoms with Gasteiger partial charge in [-0.2, -0.15) is 0 Å². The minimum atomic E-state index is -1.24. The van der Waals surface area contributed by atoms with Gasteiger partial charge in [0.1, 0.15) is 24.4 Å². The van der Waals surface area contributed by atoms with E-state index in [1.54, 1.807) is 18.2 Å². The molecule has 42 heavy (non-hydrogen) atoms. The van der Waals surface area contributed by atoms with Crippen molar-refractivity contribution in [2.24, 2.45) is 0 Å². The van der Waals surface area contributed by atoms with Gasteiger partial charge < -0.3 is 35.1 Å². The highest BCUT2D eigenvalue weighted by molar-refractivity contribution is 14.1. The number of ether oxygens (including phenoxy) is 3. The van der Waals surface area contributed by atoms with E-state index in [4.69, 9.17) is 19.3 Å². The number of benzene rings is 1. The summed E-state index contributed by atoms with van der Waals surface area (Å²) >= 11 is 2.08. The molecule has 1 saturated heterocycles. The lowest BCUT2D eigenvalue weighted by molar-refractivity contribution is -0.190. The van der Waals surface area contributed by atoms with Gasteiger partial charge in [0.25, 0.3) is 0 Å². The molecule has 0 saturated carbocycles. The Morgan fingerprint density at radius 3 is 2.36 bits per heavy atom. The monoisotopic (exact) mass is 700 g/mol. The zero-order chi connectivity index (χ0) is 30.7. The molecule has 2 aliphatic rings. The Morgan fingerprint density at radius 1 is 1.10 bits per heavy atom. The van der Waals surface area contributed by atoms with E-state index in [1.165, 1.54) is 6.92 Å². The number of aliphatic hydroxyl groups excluding tert-OH is 2. The van der Waals surface area contributed by atoms with E-state index < -0.39 is 54.0 Å². The number of fused-ring (bicyclic) bond motifs is 1. The highest BCUT2D eigenvalue weighted by atomic mass is 127. The van der Waals surface area contributed by atoms with E-state index >= 15 is 0 Å². The standard InChI is InChI=1S/C31H45IN2O8/c1-4-6-10-14-31(15-11-7-5-2)41-25-19-21(28(37)34-26(20(3)36)29(38)33-16-17-35)18-24(27(25)42-31)40-30(39)22-12-8-9-13-23(22)32/h8-9,12-13,19-20,24-27,35-36H,4-7,10-11,14-18H2,1-3H3,(H,33,38)(H,34,37). The van der Waals surface area contributed by atoms with Crippen LogP contribution in [0.15, 0.2) is 35.9 Å². The molecule has 1 aliphatic heterocycles. The molecule has 1 fully saturated rings. The minimum absolute atomic E-state index is 0.00991. The van der Waals surface area contributed by atoms with Crippen LogP contribution >= 0.6 is 22.6 Å². The van der Waals surface area contributed by atoms with Crippen molar-refractivity contribution in [3.8, 4) is 0 Å². The third kappa shape index (κ3) is 9.22. The summed E-state index contributed by atoms with van der Waals surface area (Å²) in [7, 11) is 0. The molecule has 11 heteroatoms. The Bertz CT molecular complexity index is 1080. The van der Waals surface area contributed by atoms with Gasteiger partial charge in [-0.1, -0.05) is 51.7 Å². The first-order chi connectivity index (χ1) is 20.1. The van der Waals surface area contributed by atoms with Crippen LogP contribution in [0.1, 0.15) is 88.9 Å². The van der Waals surface area contributed by atoms with Crippen LogP contribution in [0.5, 0.6) is 0 Å². The van der Waals surface area contributed by atoms with Gasteiger partial charge >= 0.3 is 5.97 Å². The summed E-state index contributed by atoms with van der Waals surface area (Å²) in [5.41, 5.74) is 0.694. The first-order valence-corrected chi connectivity index (χ1v) is 16.1. The summed E-state index contributed by atoms with van der Waals surface area (Å²) < 4.78 is 20.0. The zero-order valence-electron chi connectivity index (χ0n) is 24.8. The van der Waals surface area contributed by atoms with Gasteiger partial charge in [-0.25, -0.2) is 4.79 Å². The zero-order valence-corrected chi connectivity index (χ0v) is 26.9. The lowest BCUT2D eigenvalue weighted by atomic mass is 9.91. The topological polar surface area (TPSA) is 143 Å². The number of aliphatic hydroxyl groups is 2. The van der Waals surface area contributed by atoms with Crippen LogP contribution in [0.2, 0.25) is 0 Å². The Hall–Kier alpha value is -2.06. The van der Waals surface area contributed by atoms with Crippen molar-refractivity contribution in [2.75, 3.05) is 13.2 Å². The Kier molecular flexibility index (Phi) is 13.7. The largest absolute Gasteiger partial charge is 0.455 e. The summed E-state index contributed by atoms with van der Waals surface area (Å²) in [6.07, 6.45) is 5.91. The normalized spacial score (nSPS) is 22.4. The van der Waals surface area contributed by atoms with E-state index in [9.17, 15) is 19.5 Å². The smallest absolute Gasteiger partial charge is 0.339 e. The third-order valence-electron chi connectivity index (χ3n) is 7.61. The van der Waals surface area contributed by atoms with Crippen molar-refractivity contribution < 1.29 is 38.8 Å². The Balaban J connectivity index is 1.89. The second-order valence-electron chi connectivity index (χ2n) is 11.0. The van der Waals surface area contributed by atoms with Gasteiger partial charge in [0, 0.05) is 35.0 Å². The van der Waals surface area contributed by atoms with Crippen molar-refractivity contribution in [1.82, 2.24) is 10.6 Å². The summed E-state index contributed by atoms with van der Waals surface area (Å²) in [4.78, 5) is 39.3. The maximum Gasteiger partial charge on any atom is 0.339 e. The summed E-state index contributed by atoms with van der Waals surface area (Å²) in [5, 5.41) is 24.3. The van der Waals surface area contributed by atoms with Gasteiger partial charge in [0.15, 0.2) is 5.79 Å². The number of nitrogens with one attached hydrogen (secondary N) is 2. The number of rotatable bonds is 16. The maximum atomic E-state index is 13.5. The number of hydrogen-bond donors (Lipinski definition) is 4. The molecule has 1 aromatic carbocycles. The van der Waals surface area contributed by atoms with Crippen LogP contribution in [0, 0.1) is 3.57 Å². The van der Waals surface area contributed by atoms with Gasteiger partial charge in [-0.3, -0.25) is 9.59 Å². The van der Waals surface area contributed by atoms with Crippen LogP contribution in [0.3, 0.4) is 0 Å². The first kappa shape index (κ1) is 34.4. The first-order valence-electron chi connectivity index (χ1n) is 15.0. The minimum Gasteiger partial charge on any atom is -0.455 e. The average molecular weight is 701 g/mol. The maximum absolute atomic E-state index is 13.5. The fraction of sp³-hybridized carbons (Fsp3) is 0.645. The van der Waals surface area contributed by atoms with Gasteiger partial charge in [-0.05, 0) is 60.6 Å². The van der Waals surface area contributed by atoms with E-state index in [-0.39, 0.29) is 25.1 Å². The number of carbonyl (C=O) groups is 3. The molecule has 5 atom stereocenters. The van der Waals surface area contributed by atoms with Crippen molar-refractivity contribution >= 4 is 40.4 Å². The highest BCUT2D eigenvalue weighted by Crippen LogP contribution is 2.43. The average Bonchev–Trinajstić information content (AvgIpc) is 3.33. The number of amides is 2. The fourth-order valence-electron chi connectivity index (χ4n) is 5.36. The van der Waals surface area contributed by atoms with E-state index in [2.05, 4.69) is 47.1 Å². The summed E-state index contributed by atoms with van der Waals surface area (Å²) in [5.74, 6) is -2.56. The molecule has 234 valence electrons. The van der Waals surface area contributed by atoms with Gasteiger partial charge in [-0.15, -0.1) is 0 Å². The predicted molar refractivity (Wildman–Crippen MR) is 166 cm³/mol. The van der Waals surface area contributed by atoms with E-state index in [1.807, 2.05) is 12.1 Å². The molecule has 0 spiro atoms. The van der Waals surface area contributed by atoms with Crippen LogP contribution in [0.25, 0.3) is 0 Å². The third-order valence-corrected chi connectivity index (χ3v) is 8.55. The molecular weight excluding hydrogens is 655 g/mol. The predicted octanol–water partition coefficient (Wildman–Crippen LogP) is 3.76. The Morgan fingerprint density at radius 2 is 1.76 bits per heavy atom. The highest BCUT2D eigenvalue weighted by Gasteiger charge is 2.52. The summed E-state index contributed by atoms with van der Waals surface area (Å²) in [6, 6.07) is 5.88. The lowest BCUT2D eigenvalue weighted by Crippen LogP contribution is -2.54. The molecule has 0 radical (unpaired) electrons. The second-order valence-corrected chi connectivity index (χ2v) is 12.2. The van der Waals surface area contributed by atoms with Crippen molar-refractivity contribution in [3.63, 3.8) is 0 Å².